The third-order valence-electron chi connectivity index (χ3n) is 6.02. The summed E-state index contributed by atoms with van der Waals surface area (Å²) in [5, 5.41) is 11.8. The monoisotopic (exact) mass is 459 g/mol. The molecule has 0 bridgehead atoms. The highest BCUT2D eigenvalue weighted by atomic mass is 32.2. The second-order valence-electron chi connectivity index (χ2n) is 8.22. The van der Waals surface area contributed by atoms with Crippen molar-refractivity contribution in [3.8, 4) is 12.3 Å². The lowest BCUT2D eigenvalue weighted by atomic mass is 9.98. The van der Waals surface area contributed by atoms with Crippen molar-refractivity contribution in [2.24, 2.45) is 5.92 Å². The van der Waals surface area contributed by atoms with Gasteiger partial charge >= 0.3 is 0 Å². The first-order valence-electron chi connectivity index (χ1n) is 10.6. The molecule has 3 fully saturated rings. The standard InChI is InChI=1S/C21H25N5O5S/c1-3-13(9-12-6-7-22-18(12)27)23-20(29)16-10-32-17-5-4-14(21(30)26(16)17)24-19(28)15-8-11(2)31-25-15/h1,8,12-14,16-17H,4-7,9-10H2,2H3,(H,22,27)(H,23,29)(H,24,28). The van der Waals surface area contributed by atoms with Crippen molar-refractivity contribution in [1.29, 1.82) is 0 Å². The van der Waals surface area contributed by atoms with E-state index in [0.717, 1.165) is 0 Å². The number of hydrogen-bond acceptors (Lipinski definition) is 7. The van der Waals surface area contributed by atoms with Crippen molar-refractivity contribution in [1.82, 2.24) is 26.0 Å². The van der Waals surface area contributed by atoms with Crippen LogP contribution in [0.4, 0.5) is 0 Å². The number of thioether (sulfide) groups is 1. The van der Waals surface area contributed by atoms with Crippen LogP contribution >= 0.6 is 11.8 Å². The van der Waals surface area contributed by atoms with Gasteiger partial charge in [-0.15, -0.1) is 18.2 Å². The third kappa shape index (κ3) is 4.46. The van der Waals surface area contributed by atoms with Gasteiger partial charge in [-0.1, -0.05) is 11.1 Å². The van der Waals surface area contributed by atoms with Crippen LogP contribution in [-0.4, -0.2) is 69.5 Å². The number of terminal acetylenes is 1. The number of rotatable bonds is 6. The SMILES string of the molecule is C#CC(CC1CCNC1=O)NC(=O)C1CSC2CCC(NC(=O)c3cc(C)on3)C(=O)N21. The van der Waals surface area contributed by atoms with E-state index in [1.54, 1.807) is 23.6 Å². The van der Waals surface area contributed by atoms with Gasteiger partial charge < -0.3 is 25.4 Å². The minimum absolute atomic E-state index is 0.0527. The molecule has 170 valence electrons. The lowest BCUT2D eigenvalue weighted by Crippen LogP contribution is -2.59. The predicted octanol–water partition coefficient (Wildman–Crippen LogP) is -0.210. The van der Waals surface area contributed by atoms with Crippen molar-refractivity contribution in [2.45, 2.75) is 56.1 Å². The van der Waals surface area contributed by atoms with Gasteiger partial charge in [0, 0.05) is 24.3 Å². The molecule has 5 atom stereocenters. The fourth-order valence-electron chi connectivity index (χ4n) is 4.33. The lowest BCUT2D eigenvalue weighted by molar-refractivity contribution is -0.143. The van der Waals surface area contributed by atoms with E-state index in [4.69, 9.17) is 10.9 Å². The number of piperidine rings is 1. The maximum Gasteiger partial charge on any atom is 0.274 e. The molecule has 0 aromatic carbocycles. The molecule has 4 rings (SSSR count). The molecule has 10 nitrogen and oxygen atoms in total. The van der Waals surface area contributed by atoms with Crippen molar-refractivity contribution < 1.29 is 23.7 Å². The van der Waals surface area contributed by atoms with Crippen LogP contribution in [0.1, 0.15) is 41.9 Å². The number of nitrogens with zero attached hydrogens (tertiary/aromatic N) is 2. The molecule has 32 heavy (non-hydrogen) atoms. The second-order valence-corrected chi connectivity index (χ2v) is 9.43. The topological polar surface area (TPSA) is 134 Å². The minimum Gasteiger partial charge on any atom is -0.361 e. The summed E-state index contributed by atoms with van der Waals surface area (Å²) in [6.07, 6.45) is 7.78. The molecular formula is C21H25N5O5S. The summed E-state index contributed by atoms with van der Waals surface area (Å²) in [5.74, 6) is 2.09. The zero-order valence-electron chi connectivity index (χ0n) is 17.6. The van der Waals surface area contributed by atoms with Gasteiger partial charge in [-0.05, 0) is 32.6 Å². The Labute approximate surface area is 189 Å². The summed E-state index contributed by atoms with van der Waals surface area (Å²) in [6, 6.07) is -0.515. The van der Waals surface area contributed by atoms with E-state index in [9.17, 15) is 19.2 Å². The molecule has 3 aliphatic heterocycles. The third-order valence-corrected chi connectivity index (χ3v) is 7.37. The Bertz CT molecular complexity index is 972. The number of aryl methyl sites for hydroxylation is 1. The molecular weight excluding hydrogens is 434 g/mol. The van der Waals surface area contributed by atoms with Gasteiger partial charge in [0.25, 0.3) is 5.91 Å². The van der Waals surface area contributed by atoms with Gasteiger partial charge in [-0.3, -0.25) is 19.2 Å². The number of carbonyl (C=O) groups is 4. The van der Waals surface area contributed by atoms with Crippen LogP contribution < -0.4 is 16.0 Å². The second kappa shape index (κ2) is 9.24. The van der Waals surface area contributed by atoms with Crippen LogP contribution in [0.2, 0.25) is 0 Å². The normalized spacial score (nSPS) is 27.9. The fraction of sp³-hybridized carbons (Fsp3) is 0.571. The lowest BCUT2D eigenvalue weighted by Gasteiger charge is -2.37. The summed E-state index contributed by atoms with van der Waals surface area (Å²) in [4.78, 5) is 51.9. The fourth-order valence-corrected chi connectivity index (χ4v) is 5.76. The van der Waals surface area contributed by atoms with Gasteiger partial charge in [0.15, 0.2) is 5.69 Å². The Morgan fingerprint density at radius 3 is 2.88 bits per heavy atom. The molecule has 5 unspecified atom stereocenters. The molecule has 4 amide bonds. The van der Waals surface area contributed by atoms with Gasteiger partial charge in [-0.2, -0.15) is 0 Å². The van der Waals surface area contributed by atoms with E-state index >= 15 is 0 Å². The van der Waals surface area contributed by atoms with Crippen molar-refractivity contribution in [2.75, 3.05) is 12.3 Å². The van der Waals surface area contributed by atoms with E-state index in [1.165, 1.54) is 6.07 Å². The Hall–Kier alpha value is -3.00. The van der Waals surface area contributed by atoms with Crippen molar-refractivity contribution >= 4 is 35.4 Å². The Balaban J connectivity index is 1.39. The quantitative estimate of drug-likeness (QED) is 0.501. The minimum atomic E-state index is -0.740. The van der Waals surface area contributed by atoms with E-state index in [0.29, 0.717) is 43.7 Å². The van der Waals surface area contributed by atoms with Crippen molar-refractivity contribution in [3.63, 3.8) is 0 Å². The van der Waals surface area contributed by atoms with Crippen LogP contribution in [-0.2, 0) is 14.4 Å². The van der Waals surface area contributed by atoms with Crippen LogP contribution in [0.15, 0.2) is 10.6 Å². The van der Waals surface area contributed by atoms with Crippen LogP contribution in [0, 0.1) is 25.2 Å². The van der Waals surface area contributed by atoms with Gasteiger partial charge in [0.05, 0.1) is 11.4 Å². The highest BCUT2D eigenvalue weighted by Crippen LogP contribution is 2.36. The van der Waals surface area contributed by atoms with Gasteiger partial charge in [0.2, 0.25) is 17.7 Å². The molecule has 11 heteroatoms. The molecule has 3 N–H and O–H groups in total. The van der Waals surface area contributed by atoms with E-state index in [-0.39, 0.29) is 34.7 Å². The molecule has 3 aliphatic rings. The predicted molar refractivity (Wildman–Crippen MR) is 115 cm³/mol. The number of nitrogens with one attached hydrogen (secondary N) is 3. The summed E-state index contributed by atoms with van der Waals surface area (Å²) in [5.41, 5.74) is 0.107. The maximum atomic E-state index is 13.2. The number of fused-ring (bicyclic) bond motifs is 1. The Kier molecular flexibility index (Phi) is 6.41. The molecule has 4 heterocycles. The Morgan fingerprint density at radius 1 is 1.41 bits per heavy atom. The summed E-state index contributed by atoms with van der Waals surface area (Å²) in [6.45, 7) is 2.28. The summed E-state index contributed by atoms with van der Waals surface area (Å²) in [7, 11) is 0. The van der Waals surface area contributed by atoms with Gasteiger partial charge in [0.1, 0.15) is 17.8 Å². The number of aromatic nitrogens is 1. The molecule has 0 spiro atoms. The molecule has 0 aliphatic carbocycles. The number of amides is 4. The molecule has 0 saturated carbocycles. The highest BCUT2D eigenvalue weighted by molar-refractivity contribution is 8.00. The number of hydrogen-bond donors (Lipinski definition) is 3. The van der Waals surface area contributed by atoms with Crippen LogP contribution in [0.25, 0.3) is 0 Å². The zero-order valence-corrected chi connectivity index (χ0v) is 18.4. The number of carbonyl (C=O) groups excluding carboxylic acids is 4. The van der Waals surface area contributed by atoms with E-state index in [1.807, 2.05) is 0 Å². The molecule has 0 radical (unpaired) electrons. The molecule has 1 aromatic heterocycles. The molecule has 3 saturated heterocycles. The summed E-state index contributed by atoms with van der Waals surface area (Å²) < 4.78 is 4.92. The maximum absolute atomic E-state index is 13.2. The first kappa shape index (κ1) is 22.2. The van der Waals surface area contributed by atoms with Crippen LogP contribution in [0.3, 0.4) is 0 Å². The largest absolute Gasteiger partial charge is 0.361 e. The van der Waals surface area contributed by atoms with Crippen molar-refractivity contribution in [3.05, 3.63) is 17.5 Å². The molecule has 1 aromatic rings. The van der Waals surface area contributed by atoms with Gasteiger partial charge in [-0.25, -0.2) is 0 Å². The summed E-state index contributed by atoms with van der Waals surface area (Å²) >= 11 is 1.54. The van der Waals surface area contributed by atoms with E-state index in [2.05, 4.69) is 27.0 Å². The average Bonchev–Trinajstić information content (AvgIpc) is 3.50. The highest BCUT2D eigenvalue weighted by Gasteiger charge is 2.47. The van der Waals surface area contributed by atoms with Crippen LogP contribution in [0.5, 0.6) is 0 Å². The Morgan fingerprint density at radius 2 is 2.22 bits per heavy atom. The first-order chi connectivity index (χ1) is 15.4. The first-order valence-corrected chi connectivity index (χ1v) is 11.6. The smallest absolute Gasteiger partial charge is 0.274 e. The van der Waals surface area contributed by atoms with E-state index < -0.39 is 24.0 Å². The average molecular weight is 460 g/mol. The zero-order chi connectivity index (χ0) is 22.8.